The summed E-state index contributed by atoms with van der Waals surface area (Å²) in [7, 11) is -2.59. The van der Waals surface area contributed by atoms with Crippen molar-refractivity contribution in [2.45, 2.75) is 57.1 Å². The zero-order valence-corrected chi connectivity index (χ0v) is 23.4. The van der Waals surface area contributed by atoms with Gasteiger partial charge in [0, 0.05) is 24.2 Å². The molecule has 0 spiro atoms. The maximum atomic E-state index is 13.6. The molecule has 3 rings (SSSR count). The van der Waals surface area contributed by atoms with E-state index in [4.69, 9.17) is 11.6 Å². The molecule has 37 heavy (non-hydrogen) atoms. The van der Waals surface area contributed by atoms with E-state index in [1.807, 2.05) is 52.0 Å². The molecule has 0 unspecified atom stereocenters. The summed E-state index contributed by atoms with van der Waals surface area (Å²) in [5.41, 5.74) is 0.166. The van der Waals surface area contributed by atoms with Gasteiger partial charge in [-0.15, -0.1) is 0 Å². The second-order valence-corrected chi connectivity index (χ2v) is 12.5. The van der Waals surface area contributed by atoms with Crippen molar-refractivity contribution in [3.8, 4) is 0 Å². The Morgan fingerprint density at radius 3 is 2.22 bits per heavy atom. The van der Waals surface area contributed by atoms with Crippen LogP contribution < -0.4 is 5.32 Å². The van der Waals surface area contributed by atoms with Crippen molar-refractivity contribution in [2.75, 3.05) is 13.6 Å². The third kappa shape index (κ3) is 7.09. The van der Waals surface area contributed by atoms with Crippen molar-refractivity contribution in [3.63, 3.8) is 0 Å². The Kier molecular flexibility index (Phi) is 9.00. The molecule has 7 nitrogen and oxygen atoms in total. The number of benzene rings is 3. The lowest BCUT2D eigenvalue weighted by Crippen LogP contribution is -2.55. The number of likely N-dealkylation sites (N-methyl/N-ethyl adjacent to an activating group) is 1. The lowest BCUT2D eigenvalue weighted by Gasteiger charge is -2.34. The summed E-state index contributed by atoms with van der Waals surface area (Å²) in [6, 6.07) is 18.6. The first-order valence-electron chi connectivity index (χ1n) is 12.1. The Hall–Kier alpha value is -2.94. The fraction of sp³-hybridized carbons (Fsp3) is 0.357. The number of sulfonamides is 1. The van der Waals surface area contributed by atoms with Gasteiger partial charge in [-0.05, 0) is 61.7 Å². The minimum Gasteiger partial charge on any atom is -0.350 e. The third-order valence-electron chi connectivity index (χ3n) is 5.97. The molecule has 9 heteroatoms. The molecule has 1 atom stereocenters. The van der Waals surface area contributed by atoms with Gasteiger partial charge in [0.1, 0.15) is 6.04 Å². The highest BCUT2D eigenvalue weighted by molar-refractivity contribution is 7.89. The van der Waals surface area contributed by atoms with Crippen molar-refractivity contribution < 1.29 is 18.0 Å². The number of hydrogen-bond acceptors (Lipinski definition) is 4. The van der Waals surface area contributed by atoms with Crippen LogP contribution in [0, 0.1) is 0 Å². The number of nitrogens with one attached hydrogen (secondary N) is 1. The molecule has 3 aromatic carbocycles. The maximum absolute atomic E-state index is 13.6. The Balaban J connectivity index is 1.91. The van der Waals surface area contributed by atoms with Gasteiger partial charge in [0.2, 0.25) is 21.8 Å². The lowest BCUT2D eigenvalue weighted by atomic mass is 10.1. The van der Waals surface area contributed by atoms with Crippen molar-refractivity contribution in [2.24, 2.45) is 0 Å². The third-order valence-corrected chi connectivity index (χ3v) is 8.14. The number of carbonyl (C=O) groups excluding carboxylic acids is 2. The fourth-order valence-corrected chi connectivity index (χ4v) is 5.41. The van der Waals surface area contributed by atoms with Gasteiger partial charge in [-0.2, -0.15) is 4.31 Å². The van der Waals surface area contributed by atoms with Crippen LogP contribution in [0.2, 0.25) is 5.02 Å². The first kappa shape index (κ1) is 28.6. The topological polar surface area (TPSA) is 86.8 Å². The lowest BCUT2D eigenvalue weighted by molar-refractivity contribution is -0.142. The van der Waals surface area contributed by atoms with Crippen LogP contribution in [0.1, 0.15) is 39.7 Å². The average molecular weight is 544 g/mol. The second kappa shape index (κ2) is 11.6. The van der Waals surface area contributed by atoms with E-state index in [9.17, 15) is 18.0 Å². The highest BCUT2D eigenvalue weighted by Crippen LogP contribution is 2.23. The first-order chi connectivity index (χ1) is 17.3. The molecule has 0 radical (unpaired) electrons. The summed E-state index contributed by atoms with van der Waals surface area (Å²) >= 11 is 6.37. The van der Waals surface area contributed by atoms with Crippen LogP contribution in [0.25, 0.3) is 10.8 Å². The molecule has 3 aromatic rings. The molecule has 0 fully saturated rings. The number of rotatable bonds is 9. The second-order valence-electron chi connectivity index (χ2n) is 10.0. The van der Waals surface area contributed by atoms with E-state index in [1.54, 1.807) is 36.4 Å². The van der Waals surface area contributed by atoms with Gasteiger partial charge in [-0.3, -0.25) is 9.59 Å². The van der Waals surface area contributed by atoms with Gasteiger partial charge in [-0.25, -0.2) is 8.42 Å². The maximum Gasteiger partial charge on any atom is 0.243 e. The zero-order chi connectivity index (χ0) is 27.4. The zero-order valence-electron chi connectivity index (χ0n) is 21.9. The minimum absolute atomic E-state index is 0.0679. The van der Waals surface area contributed by atoms with Gasteiger partial charge >= 0.3 is 0 Å². The van der Waals surface area contributed by atoms with E-state index in [-0.39, 0.29) is 17.3 Å². The highest BCUT2D eigenvalue weighted by Gasteiger charge is 2.33. The van der Waals surface area contributed by atoms with Crippen molar-refractivity contribution in [1.82, 2.24) is 14.5 Å². The van der Waals surface area contributed by atoms with Crippen LogP contribution in [0.4, 0.5) is 0 Å². The van der Waals surface area contributed by atoms with Crippen LogP contribution in [0.15, 0.2) is 71.6 Å². The van der Waals surface area contributed by atoms with Gasteiger partial charge in [0.05, 0.1) is 11.4 Å². The number of hydrogen-bond donors (Lipinski definition) is 1. The van der Waals surface area contributed by atoms with E-state index in [2.05, 4.69) is 5.32 Å². The summed E-state index contributed by atoms with van der Waals surface area (Å²) in [5, 5.41) is 5.10. The predicted octanol–water partition coefficient (Wildman–Crippen LogP) is 4.84. The van der Waals surface area contributed by atoms with Crippen LogP contribution in [-0.4, -0.2) is 54.6 Å². The minimum atomic E-state index is -3.96. The normalized spacial score (nSPS) is 12.9. The van der Waals surface area contributed by atoms with Crippen LogP contribution >= 0.6 is 11.6 Å². The smallest absolute Gasteiger partial charge is 0.243 e. The standard InChI is InChI=1S/C28H34ClN3O4S/c1-6-25(27(34)30-28(2,3)4)32(18-22-13-9-10-14-24(22)29)26(33)19-31(5)37(35,36)23-16-15-20-11-7-8-12-21(20)17-23/h7-17,25H,6,18-19H2,1-5H3,(H,30,34)/t25-/m0/s1. The van der Waals surface area contributed by atoms with E-state index in [0.29, 0.717) is 17.0 Å². The molecule has 198 valence electrons. The number of carbonyl (C=O) groups is 2. The quantitative estimate of drug-likeness (QED) is 0.418. The Labute approximate surface area is 224 Å². The molecular formula is C28H34ClN3O4S. The molecule has 0 aliphatic carbocycles. The van der Waals surface area contributed by atoms with E-state index < -0.39 is 34.1 Å². The van der Waals surface area contributed by atoms with Crippen molar-refractivity contribution in [3.05, 3.63) is 77.3 Å². The van der Waals surface area contributed by atoms with Gasteiger partial charge in [-0.1, -0.05) is 67.1 Å². The number of nitrogens with zero attached hydrogens (tertiary/aromatic N) is 2. The van der Waals surface area contributed by atoms with Crippen LogP contribution in [0.5, 0.6) is 0 Å². The SMILES string of the molecule is CC[C@@H](C(=O)NC(C)(C)C)N(Cc1ccccc1Cl)C(=O)CN(C)S(=O)(=O)c1ccc2ccccc2c1. The molecular weight excluding hydrogens is 510 g/mol. The Morgan fingerprint density at radius 2 is 1.59 bits per heavy atom. The fourth-order valence-electron chi connectivity index (χ4n) is 4.06. The van der Waals surface area contributed by atoms with Crippen molar-refractivity contribution in [1.29, 1.82) is 0 Å². The Morgan fingerprint density at radius 1 is 0.973 bits per heavy atom. The molecule has 0 saturated heterocycles. The summed E-state index contributed by atoms with van der Waals surface area (Å²) in [5.74, 6) is -0.807. The number of amides is 2. The molecule has 0 heterocycles. The summed E-state index contributed by atoms with van der Waals surface area (Å²) in [4.78, 5) is 28.3. The molecule has 0 aliphatic heterocycles. The summed E-state index contributed by atoms with van der Waals surface area (Å²) < 4.78 is 27.7. The predicted molar refractivity (Wildman–Crippen MR) is 148 cm³/mol. The number of halogens is 1. The monoisotopic (exact) mass is 543 g/mol. The van der Waals surface area contributed by atoms with Crippen molar-refractivity contribution >= 4 is 44.2 Å². The first-order valence-corrected chi connectivity index (χ1v) is 14.0. The molecule has 2 amide bonds. The van der Waals surface area contributed by atoms with Crippen LogP contribution in [-0.2, 0) is 26.2 Å². The highest BCUT2D eigenvalue weighted by atomic mass is 35.5. The molecule has 0 aliphatic rings. The summed E-state index contributed by atoms with van der Waals surface area (Å²) in [6.07, 6.45) is 0.346. The molecule has 1 N–H and O–H groups in total. The van der Waals surface area contributed by atoms with Gasteiger partial charge in [0.25, 0.3) is 0 Å². The summed E-state index contributed by atoms with van der Waals surface area (Å²) in [6.45, 7) is 7.04. The number of fused-ring (bicyclic) bond motifs is 1. The van der Waals surface area contributed by atoms with E-state index in [0.717, 1.165) is 15.1 Å². The average Bonchev–Trinajstić information content (AvgIpc) is 2.83. The molecule has 0 bridgehead atoms. The molecule has 0 saturated carbocycles. The van der Waals surface area contributed by atoms with Gasteiger partial charge < -0.3 is 10.2 Å². The van der Waals surface area contributed by atoms with E-state index >= 15 is 0 Å². The van der Waals surface area contributed by atoms with Crippen LogP contribution in [0.3, 0.4) is 0 Å². The Bertz CT molecular complexity index is 1390. The molecule has 0 aromatic heterocycles. The van der Waals surface area contributed by atoms with Gasteiger partial charge in [0.15, 0.2) is 0 Å². The van der Waals surface area contributed by atoms with E-state index in [1.165, 1.54) is 18.0 Å². The largest absolute Gasteiger partial charge is 0.350 e.